The molecule has 0 radical (unpaired) electrons. The van der Waals surface area contributed by atoms with Crippen molar-refractivity contribution in [3.8, 4) is 11.4 Å². The van der Waals surface area contributed by atoms with Gasteiger partial charge < -0.3 is 9.84 Å². The average molecular weight is 340 g/mol. The molecule has 0 bridgehead atoms. The molecule has 3 heterocycles. The van der Waals surface area contributed by atoms with Crippen LogP contribution in [0.2, 0.25) is 0 Å². The number of piperidine rings is 1. The molecule has 1 fully saturated rings. The Morgan fingerprint density at radius 1 is 1.12 bits per heavy atom. The lowest BCUT2D eigenvalue weighted by Gasteiger charge is -2.31. The van der Waals surface area contributed by atoms with Gasteiger partial charge in [0.2, 0.25) is 5.82 Å². The molecular weight excluding hydrogens is 320 g/mol. The summed E-state index contributed by atoms with van der Waals surface area (Å²) in [6.45, 7) is 3.24. The molecule has 1 aromatic carbocycles. The van der Waals surface area contributed by atoms with E-state index in [1.165, 1.54) is 4.88 Å². The summed E-state index contributed by atoms with van der Waals surface area (Å²) in [5.41, 5.74) is 0.972. The van der Waals surface area contributed by atoms with E-state index in [1.807, 2.05) is 41.7 Å². The third-order valence-corrected chi connectivity index (χ3v) is 5.19. The highest BCUT2D eigenvalue weighted by Crippen LogP contribution is 2.21. The summed E-state index contributed by atoms with van der Waals surface area (Å²) < 4.78 is 5.35. The van der Waals surface area contributed by atoms with E-state index in [4.69, 9.17) is 4.52 Å². The minimum Gasteiger partial charge on any atom is -0.335 e. The zero-order chi connectivity index (χ0) is 16.2. The first-order valence-electron chi connectivity index (χ1n) is 8.27. The first kappa shape index (κ1) is 15.4. The van der Waals surface area contributed by atoms with Gasteiger partial charge >= 0.3 is 6.01 Å². The average Bonchev–Trinajstić information content (AvgIpc) is 3.29. The minimum atomic E-state index is 0.397. The van der Waals surface area contributed by atoms with Crippen molar-refractivity contribution in [3.05, 3.63) is 52.7 Å². The Bertz CT molecular complexity index is 748. The van der Waals surface area contributed by atoms with Crippen molar-refractivity contribution in [2.45, 2.75) is 25.4 Å². The molecule has 0 amide bonds. The van der Waals surface area contributed by atoms with Gasteiger partial charge in [-0.05, 0) is 24.3 Å². The number of anilines is 1. The fourth-order valence-corrected chi connectivity index (χ4v) is 3.77. The Morgan fingerprint density at radius 2 is 1.96 bits per heavy atom. The van der Waals surface area contributed by atoms with Crippen LogP contribution in [-0.4, -0.2) is 34.2 Å². The summed E-state index contributed by atoms with van der Waals surface area (Å²) >= 11 is 1.83. The Labute approximate surface area is 145 Å². The maximum atomic E-state index is 5.35. The number of likely N-dealkylation sites (tertiary alicyclic amines) is 1. The SMILES string of the molecule is c1ccc(-c2noc(NC3CCN(Cc4cccs4)CC3)n2)cc1. The van der Waals surface area contributed by atoms with Crippen molar-refractivity contribution in [3.63, 3.8) is 0 Å². The van der Waals surface area contributed by atoms with Crippen molar-refractivity contribution in [2.75, 3.05) is 18.4 Å². The van der Waals surface area contributed by atoms with Crippen LogP contribution in [0.1, 0.15) is 17.7 Å². The normalized spacial score (nSPS) is 16.3. The summed E-state index contributed by atoms with van der Waals surface area (Å²) in [5, 5.41) is 9.59. The Kier molecular flexibility index (Phi) is 4.57. The number of aromatic nitrogens is 2. The predicted octanol–water partition coefficient (Wildman–Crippen LogP) is 3.87. The van der Waals surface area contributed by atoms with E-state index in [1.54, 1.807) is 0 Å². The molecule has 0 atom stereocenters. The lowest BCUT2D eigenvalue weighted by Crippen LogP contribution is -2.38. The quantitative estimate of drug-likeness (QED) is 0.764. The number of thiophene rings is 1. The maximum Gasteiger partial charge on any atom is 0.322 e. The summed E-state index contributed by atoms with van der Waals surface area (Å²) in [6.07, 6.45) is 2.18. The number of hydrogen-bond donors (Lipinski definition) is 1. The van der Waals surface area contributed by atoms with Crippen molar-refractivity contribution in [2.24, 2.45) is 0 Å². The van der Waals surface area contributed by atoms with E-state index >= 15 is 0 Å². The molecule has 24 heavy (non-hydrogen) atoms. The smallest absolute Gasteiger partial charge is 0.322 e. The highest BCUT2D eigenvalue weighted by Gasteiger charge is 2.21. The molecule has 1 aliphatic heterocycles. The fraction of sp³-hybridized carbons (Fsp3) is 0.333. The summed E-state index contributed by atoms with van der Waals surface area (Å²) in [4.78, 5) is 8.40. The van der Waals surface area contributed by atoms with Crippen LogP contribution in [0.25, 0.3) is 11.4 Å². The number of benzene rings is 1. The van der Waals surface area contributed by atoms with Gasteiger partial charge in [0, 0.05) is 36.1 Å². The second kappa shape index (κ2) is 7.15. The number of hydrogen-bond acceptors (Lipinski definition) is 6. The molecule has 0 aliphatic carbocycles. The molecule has 6 heteroatoms. The molecule has 1 aliphatic rings. The second-order valence-electron chi connectivity index (χ2n) is 6.06. The Morgan fingerprint density at radius 3 is 2.71 bits per heavy atom. The molecule has 4 rings (SSSR count). The van der Waals surface area contributed by atoms with Gasteiger partial charge in [-0.3, -0.25) is 4.90 Å². The molecule has 0 spiro atoms. The molecule has 0 saturated carbocycles. The van der Waals surface area contributed by atoms with Gasteiger partial charge in [-0.15, -0.1) is 11.3 Å². The maximum absolute atomic E-state index is 5.35. The third-order valence-electron chi connectivity index (χ3n) is 4.33. The zero-order valence-corrected chi connectivity index (χ0v) is 14.2. The first-order chi connectivity index (χ1) is 11.9. The highest BCUT2D eigenvalue weighted by atomic mass is 32.1. The van der Waals surface area contributed by atoms with Crippen molar-refractivity contribution < 1.29 is 4.52 Å². The molecule has 3 aromatic rings. The zero-order valence-electron chi connectivity index (χ0n) is 13.4. The second-order valence-corrected chi connectivity index (χ2v) is 7.10. The number of rotatable bonds is 5. The topological polar surface area (TPSA) is 54.2 Å². The Hall–Kier alpha value is -2.18. The van der Waals surface area contributed by atoms with Crippen molar-refractivity contribution in [1.82, 2.24) is 15.0 Å². The van der Waals surface area contributed by atoms with Crippen molar-refractivity contribution in [1.29, 1.82) is 0 Å². The molecule has 124 valence electrons. The first-order valence-corrected chi connectivity index (χ1v) is 9.15. The van der Waals surface area contributed by atoms with Gasteiger partial charge in [-0.2, -0.15) is 4.98 Å². The van der Waals surface area contributed by atoms with Crippen LogP contribution in [0, 0.1) is 0 Å². The van der Waals surface area contributed by atoms with Crippen LogP contribution < -0.4 is 5.32 Å². The lowest BCUT2D eigenvalue weighted by atomic mass is 10.1. The molecule has 5 nitrogen and oxygen atoms in total. The monoisotopic (exact) mass is 340 g/mol. The van der Waals surface area contributed by atoms with Gasteiger partial charge in [0.25, 0.3) is 0 Å². The third kappa shape index (κ3) is 3.66. The van der Waals surface area contributed by atoms with E-state index in [-0.39, 0.29) is 0 Å². The van der Waals surface area contributed by atoms with Crippen LogP contribution in [0.15, 0.2) is 52.4 Å². The van der Waals surface area contributed by atoms with Gasteiger partial charge in [-0.1, -0.05) is 41.6 Å². The highest BCUT2D eigenvalue weighted by molar-refractivity contribution is 7.09. The van der Waals surface area contributed by atoms with E-state index in [9.17, 15) is 0 Å². The molecule has 1 saturated heterocycles. The van der Waals surface area contributed by atoms with Crippen LogP contribution in [0.4, 0.5) is 6.01 Å². The molecular formula is C18H20N4OS. The molecule has 2 aromatic heterocycles. The van der Waals surface area contributed by atoms with Crippen LogP contribution in [0.3, 0.4) is 0 Å². The van der Waals surface area contributed by atoms with E-state index in [2.05, 4.69) is 37.9 Å². The van der Waals surface area contributed by atoms with Crippen molar-refractivity contribution >= 4 is 17.4 Å². The van der Waals surface area contributed by atoms with Gasteiger partial charge in [0.05, 0.1) is 0 Å². The van der Waals surface area contributed by atoms with Crippen LogP contribution in [-0.2, 0) is 6.54 Å². The summed E-state index contributed by atoms with van der Waals surface area (Å²) in [6, 6.07) is 15.1. The predicted molar refractivity (Wildman–Crippen MR) is 96.0 cm³/mol. The summed E-state index contributed by atoms with van der Waals surface area (Å²) in [7, 11) is 0. The number of nitrogens with zero attached hydrogens (tertiary/aromatic N) is 3. The Balaban J connectivity index is 1.30. The van der Waals surface area contributed by atoms with E-state index in [0.717, 1.165) is 38.0 Å². The van der Waals surface area contributed by atoms with Gasteiger partial charge in [0.1, 0.15) is 0 Å². The summed E-state index contributed by atoms with van der Waals surface area (Å²) in [5.74, 6) is 0.633. The molecule has 1 N–H and O–H groups in total. The fourth-order valence-electron chi connectivity index (χ4n) is 3.02. The standard InChI is InChI=1S/C18H20N4OS/c1-2-5-14(6-3-1)17-20-18(23-21-17)19-15-8-10-22(11-9-15)13-16-7-4-12-24-16/h1-7,12,15H,8-11,13H2,(H,19,20,21). The van der Waals surface area contributed by atoms with Gasteiger partial charge in [-0.25, -0.2) is 0 Å². The van der Waals surface area contributed by atoms with E-state index in [0.29, 0.717) is 17.9 Å². The molecule has 0 unspecified atom stereocenters. The lowest BCUT2D eigenvalue weighted by molar-refractivity contribution is 0.211. The van der Waals surface area contributed by atoms with E-state index < -0.39 is 0 Å². The van der Waals surface area contributed by atoms with Gasteiger partial charge in [0.15, 0.2) is 0 Å². The largest absolute Gasteiger partial charge is 0.335 e. The van der Waals surface area contributed by atoms with Crippen LogP contribution in [0.5, 0.6) is 0 Å². The van der Waals surface area contributed by atoms with Crippen LogP contribution >= 0.6 is 11.3 Å². The number of nitrogens with one attached hydrogen (secondary N) is 1. The minimum absolute atomic E-state index is 0.397.